The Balaban J connectivity index is 1.70. The molecular weight excluding hydrogens is 402 g/mol. The van der Waals surface area contributed by atoms with Crippen LogP contribution in [-0.2, 0) is 13.0 Å². The normalized spacial score (nSPS) is 10.9. The minimum absolute atomic E-state index is 0.0395. The summed E-state index contributed by atoms with van der Waals surface area (Å²) in [6.45, 7) is 0.498. The summed E-state index contributed by atoms with van der Waals surface area (Å²) in [7, 11) is 0. The van der Waals surface area contributed by atoms with Crippen LogP contribution in [0.3, 0.4) is 0 Å². The molecule has 0 radical (unpaired) electrons. The van der Waals surface area contributed by atoms with Gasteiger partial charge in [-0.2, -0.15) is 10.5 Å². The summed E-state index contributed by atoms with van der Waals surface area (Å²) in [5, 5.41) is 18.9. The van der Waals surface area contributed by atoms with E-state index in [9.17, 15) is 10.5 Å². The van der Waals surface area contributed by atoms with Gasteiger partial charge in [0, 0.05) is 12.2 Å². The number of para-hydroxylation sites is 2. The van der Waals surface area contributed by atoms with E-state index in [1.807, 2.05) is 65.2 Å². The van der Waals surface area contributed by atoms with Crippen LogP contribution in [-0.4, -0.2) is 24.5 Å². The number of hydrogen-bond acceptors (Lipinski definition) is 7. The molecule has 9 heteroatoms. The van der Waals surface area contributed by atoms with E-state index in [1.54, 1.807) is 0 Å². The largest absolute Gasteiger partial charge is 0.399 e. The lowest BCUT2D eigenvalue weighted by atomic mass is 10.1. The molecule has 0 aliphatic heterocycles. The number of anilines is 2. The van der Waals surface area contributed by atoms with Crippen LogP contribution in [0.25, 0.3) is 33.6 Å². The number of benzene rings is 2. The highest BCUT2D eigenvalue weighted by Crippen LogP contribution is 2.35. The molecule has 0 aliphatic carbocycles. The van der Waals surface area contributed by atoms with Crippen LogP contribution < -0.4 is 11.5 Å². The number of H-pyrrole nitrogens is 1. The van der Waals surface area contributed by atoms with Gasteiger partial charge in [0.1, 0.15) is 29.3 Å². The van der Waals surface area contributed by atoms with Gasteiger partial charge in [0.2, 0.25) is 0 Å². The maximum absolute atomic E-state index is 9.46. The van der Waals surface area contributed by atoms with Gasteiger partial charge in [-0.3, -0.25) is 0 Å². The predicted octanol–water partition coefficient (Wildman–Crippen LogP) is 3.13. The van der Waals surface area contributed by atoms with Gasteiger partial charge in [-0.1, -0.05) is 24.3 Å². The number of nitriles is 2. The number of nitrogens with two attached hydrogens (primary N) is 2. The number of hydrogen-bond donors (Lipinski definition) is 3. The van der Waals surface area contributed by atoms with Crippen LogP contribution in [0.1, 0.15) is 17.0 Å². The number of nitrogens with one attached hydrogen (secondary N) is 1. The van der Waals surface area contributed by atoms with Crippen LogP contribution in [0, 0.1) is 22.7 Å². The minimum Gasteiger partial charge on any atom is -0.399 e. The molecule has 32 heavy (non-hydrogen) atoms. The second kappa shape index (κ2) is 7.42. The number of nitrogen functional groups attached to an aromatic ring is 2. The highest BCUT2D eigenvalue weighted by Gasteiger charge is 2.24. The van der Waals surface area contributed by atoms with Crippen LogP contribution in [0.4, 0.5) is 11.5 Å². The van der Waals surface area contributed by atoms with E-state index >= 15 is 0 Å². The SMILES string of the molecule is N#Cc1nc2c(-c3nc4ccccc4[nH]3)c(N)n(CCc3ccc(N)cc3)c2nc1C#N. The molecule has 0 bridgehead atoms. The Morgan fingerprint density at radius 2 is 1.62 bits per heavy atom. The van der Waals surface area contributed by atoms with Crippen molar-refractivity contribution < 1.29 is 0 Å². The predicted molar refractivity (Wildman–Crippen MR) is 121 cm³/mol. The van der Waals surface area contributed by atoms with Gasteiger partial charge in [0.05, 0.1) is 16.6 Å². The molecule has 3 heterocycles. The highest BCUT2D eigenvalue weighted by atomic mass is 15.1. The fourth-order valence-corrected chi connectivity index (χ4v) is 3.76. The first-order chi connectivity index (χ1) is 15.6. The lowest BCUT2D eigenvalue weighted by Gasteiger charge is -2.08. The van der Waals surface area contributed by atoms with Gasteiger partial charge in [0.15, 0.2) is 17.0 Å². The van der Waals surface area contributed by atoms with Crippen molar-refractivity contribution >= 4 is 33.7 Å². The number of aryl methyl sites for hydroxylation is 2. The Kier molecular flexibility index (Phi) is 4.43. The molecule has 0 amide bonds. The third kappa shape index (κ3) is 3.06. The summed E-state index contributed by atoms with van der Waals surface area (Å²) in [5.74, 6) is 0.941. The fourth-order valence-electron chi connectivity index (χ4n) is 3.76. The van der Waals surface area contributed by atoms with E-state index in [1.165, 1.54) is 0 Å². The maximum Gasteiger partial charge on any atom is 0.179 e. The van der Waals surface area contributed by atoms with Crippen molar-refractivity contribution in [3.05, 3.63) is 65.5 Å². The molecule has 154 valence electrons. The second-order valence-corrected chi connectivity index (χ2v) is 7.32. The summed E-state index contributed by atoms with van der Waals surface area (Å²) in [5.41, 5.74) is 17.1. The van der Waals surface area contributed by atoms with E-state index < -0.39 is 0 Å². The Labute approximate surface area is 182 Å². The van der Waals surface area contributed by atoms with Gasteiger partial charge in [0.25, 0.3) is 0 Å². The van der Waals surface area contributed by atoms with Gasteiger partial charge in [-0.25, -0.2) is 15.0 Å². The smallest absolute Gasteiger partial charge is 0.179 e. The first-order valence-electron chi connectivity index (χ1n) is 9.88. The van der Waals surface area contributed by atoms with E-state index in [0.29, 0.717) is 47.0 Å². The molecule has 2 aromatic carbocycles. The van der Waals surface area contributed by atoms with Crippen molar-refractivity contribution in [2.24, 2.45) is 0 Å². The molecule has 0 atom stereocenters. The molecule has 0 saturated carbocycles. The summed E-state index contributed by atoms with van der Waals surface area (Å²) in [6.07, 6.45) is 0.664. The Morgan fingerprint density at radius 1 is 0.906 bits per heavy atom. The van der Waals surface area contributed by atoms with Gasteiger partial charge in [-0.15, -0.1) is 0 Å². The number of fused-ring (bicyclic) bond motifs is 2. The number of rotatable bonds is 4. The van der Waals surface area contributed by atoms with Crippen LogP contribution in [0.2, 0.25) is 0 Å². The van der Waals surface area contributed by atoms with Crippen molar-refractivity contribution in [1.29, 1.82) is 10.5 Å². The number of nitrogens with zero attached hydrogens (tertiary/aromatic N) is 6. The standard InChI is InChI=1S/C23H17N9/c24-11-17-18(12-25)31-23-20(28-17)19(22-29-15-3-1-2-4-16(15)30-22)21(27)32(23)10-9-13-5-7-14(26)8-6-13/h1-8H,9-10,26-27H2,(H,29,30). The van der Waals surface area contributed by atoms with Crippen molar-refractivity contribution in [2.45, 2.75) is 13.0 Å². The lowest BCUT2D eigenvalue weighted by molar-refractivity contribution is 0.724. The Morgan fingerprint density at radius 3 is 2.34 bits per heavy atom. The first kappa shape index (κ1) is 19.1. The van der Waals surface area contributed by atoms with E-state index in [-0.39, 0.29) is 11.4 Å². The summed E-state index contributed by atoms with van der Waals surface area (Å²) >= 11 is 0. The third-order valence-corrected chi connectivity index (χ3v) is 5.36. The summed E-state index contributed by atoms with van der Waals surface area (Å²) < 4.78 is 1.81. The van der Waals surface area contributed by atoms with Gasteiger partial charge in [-0.05, 0) is 36.2 Å². The quantitative estimate of drug-likeness (QED) is 0.377. The molecule has 5 aromatic rings. The van der Waals surface area contributed by atoms with Crippen molar-refractivity contribution in [3.63, 3.8) is 0 Å². The topological polar surface area (TPSA) is 159 Å². The van der Waals surface area contributed by atoms with Gasteiger partial charge < -0.3 is 21.0 Å². The monoisotopic (exact) mass is 419 g/mol. The van der Waals surface area contributed by atoms with Crippen LogP contribution in [0.15, 0.2) is 48.5 Å². The summed E-state index contributed by atoms with van der Waals surface area (Å²) in [6, 6.07) is 19.1. The molecule has 0 saturated heterocycles. The number of aromatic amines is 1. The van der Waals surface area contributed by atoms with Crippen molar-refractivity contribution in [2.75, 3.05) is 11.5 Å². The average molecular weight is 419 g/mol. The Hall–Kier alpha value is -4.89. The zero-order valence-electron chi connectivity index (χ0n) is 16.9. The second-order valence-electron chi connectivity index (χ2n) is 7.32. The molecule has 0 spiro atoms. The van der Waals surface area contributed by atoms with Gasteiger partial charge >= 0.3 is 0 Å². The lowest BCUT2D eigenvalue weighted by Crippen LogP contribution is -2.07. The molecular formula is C23H17N9. The fraction of sp³-hybridized carbons (Fsp3) is 0.0870. The number of imidazole rings is 1. The molecule has 5 rings (SSSR count). The Bertz CT molecular complexity index is 1530. The summed E-state index contributed by atoms with van der Waals surface area (Å²) in [4.78, 5) is 16.8. The molecule has 0 fully saturated rings. The van der Waals surface area contributed by atoms with E-state index in [4.69, 9.17) is 11.5 Å². The van der Waals surface area contributed by atoms with E-state index in [2.05, 4.69) is 19.9 Å². The van der Waals surface area contributed by atoms with Crippen molar-refractivity contribution in [3.8, 4) is 23.5 Å². The minimum atomic E-state index is -0.0481. The molecule has 3 aromatic heterocycles. The zero-order valence-corrected chi connectivity index (χ0v) is 16.9. The van der Waals surface area contributed by atoms with E-state index in [0.717, 1.165) is 16.6 Å². The third-order valence-electron chi connectivity index (χ3n) is 5.36. The molecule has 0 unspecified atom stereocenters. The molecule has 5 N–H and O–H groups in total. The number of aromatic nitrogens is 5. The van der Waals surface area contributed by atoms with Crippen LogP contribution in [0.5, 0.6) is 0 Å². The van der Waals surface area contributed by atoms with Crippen molar-refractivity contribution in [1.82, 2.24) is 24.5 Å². The zero-order chi connectivity index (χ0) is 22.2. The van der Waals surface area contributed by atoms with Crippen LogP contribution >= 0.6 is 0 Å². The molecule has 9 nitrogen and oxygen atoms in total. The average Bonchev–Trinajstić information content (AvgIpc) is 3.35. The maximum atomic E-state index is 9.46. The molecule has 0 aliphatic rings. The highest BCUT2D eigenvalue weighted by molar-refractivity contribution is 5.98. The first-order valence-corrected chi connectivity index (χ1v) is 9.88.